The number of hydrogen-bond acceptors (Lipinski definition) is 1. The molecule has 0 atom stereocenters. The number of likely N-dealkylation sites (tertiary alicyclic amines) is 1. The van der Waals surface area contributed by atoms with E-state index in [1.165, 1.54) is 27.4 Å². The largest absolute Gasteiger partial charge is 0.344 e. The second-order valence-corrected chi connectivity index (χ2v) is 5.85. The summed E-state index contributed by atoms with van der Waals surface area (Å²) in [6.45, 7) is 1.63. The van der Waals surface area contributed by atoms with Gasteiger partial charge in [-0.3, -0.25) is 4.79 Å². The number of benzene rings is 2. The van der Waals surface area contributed by atoms with E-state index in [1.807, 2.05) is 4.90 Å². The van der Waals surface area contributed by atoms with Crippen LogP contribution in [-0.2, 0) is 18.4 Å². The van der Waals surface area contributed by atoms with Crippen LogP contribution < -0.4 is 0 Å². The Kier molecular flexibility index (Phi) is 2.74. The third-order valence-corrected chi connectivity index (χ3v) is 4.52. The summed E-state index contributed by atoms with van der Waals surface area (Å²) in [5, 5.41) is 2.56. The molecular formula is C18H18N2O. The number of amides is 1. The molecule has 1 fully saturated rings. The number of hydrogen-bond donors (Lipinski definition) is 0. The molecule has 106 valence electrons. The molecule has 0 radical (unpaired) electrons. The first-order valence-electron chi connectivity index (χ1n) is 7.48. The Balaban J connectivity index is 1.82. The molecule has 0 spiro atoms. The third kappa shape index (κ3) is 1.92. The van der Waals surface area contributed by atoms with E-state index in [-0.39, 0.29) is 5.91 Å². The normalized spacial score (nSPS) is 15.5. The number of aryl methyl sites for hydroxylation is 1. The Morgan fingerprint density at radius 3 is 2.67 bits per heavy atom. The van der Waals surface area contributed by atoms with Crippen LogP contribution in [0.2, 0.25) is 0 Å². The lowest BCUT2D eigenvalue weighted by atomic mass is 10.1. The van der Waals surface area contributed by atoms with E-state index in [1.54, 1.807) is 0 Å². The lowest BCUT2D eigenvalue weighted by molar-refractivity contribution is -0.128. The summed E-state index contributed by atoms with van der Waals surface area (Å²) in [5.74, 6) is 0.285. The highest BCUT2D eigenvalue weighted by molar-refractivity contribution is 6.08. The fourth-order valence-corrected chi connectivity index (χ4v) is 3.40. The van der Waals surface area contributed by atoms with Gasteiger partial charge >= 0.3 is 0 Å². The zero-order valence-electron chi connectivity index (χ0n) is 12.2. The highest BCUT2D eigenvalue weighted by atomic mass is 16.2. The number of carbonyl (C=O) groups is 1. The smallest absolute Gasteiger partial charge is 0.222 e. The summed E-state index contributed by atoms with van der Waals surface area (Å²) >= 11 is 0. The van der Waals surface area contributed by atoms with E-state index in [4.69, 9.17) is 0 Å². The summed E-state index contributed by atoms with van der Waals surface area (Å²) in [7, 11) is 2.11. The van der Waals surface area contributed by atoms with Gasteiger partial charge in [-0.15, -0.1) is 0 Å². The van der Waals surface area contributed by atoms with Crippen molar-refractivity contribution in [3.63, 3.8) is 0 Å². The van der Waals surface area contributed by atoms with Gasteiger partial charge in [0.1, 0.15) is 0 Å². The maximum absolute atomic E-state index is 11.8. The molecule has 3 nitrogen and oxygen atoms in total. The molecule has 2 heterocycles. The summed E-state index contributed by atoms with van der Waals surface area (Å²) in [4.78, 5) is 13.7. The van der Waals surface area contributed by atoms with Crippen molar-refractivity contribution in [3.8, 4) is 0 Å². The van der Waals surface area contributed by atoms with Gasteiger partial charge < -0.3 is 9.47 Å². The van der Waals surface area contributed by atoms with Crippen LogP contribution in [0.1, 0.15) is 18.4 Å². The standard InChI is InChI=1S/C18H18N2O/c1-19-16-6-3-2-5-14(16)15-11-13(8-9-17(15)19)12-20-10-4-7-18(20)21/h2-3,5-6,8-9,11H,4,7,10,12H2,1H3. The molecule has 4 rings (SSSR count). The molecule has 0 saturated carbocycles. The topological polar surface area (TPSA) is 25.2 Å². The zero-order chi connectivity index (χ0) is 14.4. The molecule has 0 aliphatic carbocycles. The predicted molar refractivity (Wildman–Crippen MR) is 85.1 cm³/mol. The summed E-state index contributed by atoms with van der Waals surface area (Å²) in [6, 6.07) is 15.0. The summed E-state index contributed by atoms with van der Waals surface area (Å²) < 4.78 is 2.23. The molecule has 3 heteroatoms. The molecule has 1 amide bonds. The van der Waals surface area contributed by atoms with Gasteiger partial charge in [0.25, 0.3) is 0 Å². The van der Waals surface area contributed by atoms with Crippen LogP contribution in [-0.4, -0.2) is 21.9 Å². The van der Waals surface area contributed by atoms with Crippen molar-refractivity contribution in [2.24, 2.45) is 7.05 Å². The number of aromatic nitrogens is 1. The van der Waals surface area contributed by atoms with Crippen LogP contribution in [0.15, 0.2) is 42.5 Å². The quantitative estimate of drug-likeness (QED) is 0.705. The fraction of sp³-hybridized carbons (Fsp3) is 0.278. The highest BCUT2D eigenvalue weighted by Gasteiger charge is 2.20. The maximum atomic E-state index is 11.8. The van der Waals surface area contributed by atoms with Gasteiger partial charge in [0, 0.05) is 48.4 Å². The first-order chi connectivity index (χ1) is 10.2. The minimum absolute atomic E-state index is 0.285. The highest BCUT2D eigenvalue weighted by Crippen LogP contribution is 2.29. The number of carbonyl (C=O) groups excluding carboxylic acids is 1. The van der Waals surface area contributed by atoms with Crippen LogP contribution in [0.25, 0.3) is 21.8 Å². The first kappa shape index (κ1) is 12.5. The van der Waals surface area contributed by atoms with E-state index in [2.05, 4.69) is 54.1 Å². The second-order valence-electron chi connectivity index (χ2n) is 5.85. The van der Waals surface area contributed by atoms with Crippen molar-refractivity contribution in [2.45, 2.75) is 19.4 Å². The molecule has 1 saturated heterocycles. The van der Waals surface area contributed by atoms with Gasteiger partial charge in [-0.25, -0.2) is 0 Å². The van der Waals surface area contributed by atoms with Gasteiger partial charge in [0.15, 0.2) is 0 Å². The van der Waals surface area contributed by atoms with Crippen molar-refractivity contribution in [1.29, 1.82) is 0 Å². The minimum atomic E-state index is 0.285. The van der Waals surface area contributed by atoms with E-state index in [0.29, 0.717) is 6.42 Å². The van der Waals surface area contributed by atoms with Gasteiger partial charge in [-0.1, -0.05) is 24.3 Å². The zero-order valence-corrected chi connectivity index (χ0v) is 12.2. The number of fused-ring (bicyclic) bond motifs is 3. The van der Waals surface area contributed by atoms with Gasteiger partial charge in [0.05, 0.1) is 0 Å². The first-order valence-corrected chi connectivity index (χ1v) is 7.48. The fourth-order valence-electron chi connectivity index (χ4n) is 3.40. The van der Waals surface area contributed by atoms with Crippen molar-refractivity contribution < 1.29 is 4.79 Å². The number of nitrogens with zero attached hydrogens (tertiary/aromatic N) is 2. The SMILES string of the molecule is Cn1c2ccccc2c2cc(CN3CCCC3=O)ccc21. The van der Waals surface area contributed by atoms with Gasteiger partial charge in [-0.05, 0) is 30.2 Å². The van der Waals surface area contributed by atoms with E-state index in [9.17, 15) is 4.79 Å². The molecule has 21 heavy (non-hydrogen) atoms. The Morgan fingerprint density at radius 1 is 1.05 bits per heavy atom. The van der Waals surface area contributed by atoms with Crippen LogP contribution in [0.4, 0.5) is 0 Å². The van der Waals surface area contributed by atoms with Crippen molar-refractivity contribution >= 4 is 27.7 Å². The van der Waals surface area contributed by atoms with E-state index < -0.39 is 0 Å². The van der Waals surface area contributed by atoms with Crippen molar-refractivity contribution in [3.05, 3.63) is 48.0 Å². The molecular weight excluding hydrogens is 260 g/mol. The summed E-state index contributed by atoms with van der Waals surface area (Å²) in [6.07, 6.45) is 1.70. The Bertz CT molecular complexity index is 847. The maximum Gasteiger partial charge on any atom is 0.222 e. The Hall–Kier alpha value is -2.29. The summed E-state index contributed by atoms with van der Waals surface area (Å²) in [5.41, 5.74) is 3.71. The number of rotatable bonds is 2. The van der Waals surface area contributed by atoms with Crippen LogP contribution in [0.5, 0.6) is 0 Å². The molecule has 0 bridgehead atoms. The lowest BCUT2D eigenvalue weighted by Gasteiger charge is -2.15. The second kappa shape index (κ2) is 4.62. The van der Waals surface area contributed by atoms with Crippen LogP contribution in [0.3, 0.4) is 0 Å². The molecule has 1 aliphatic rings. The average molecular weight is 278 g/mol. The average Bonchev–Trinajstić information content (AvgIpc) is 3.03. The lowest BCUT2D eigenvalue weighted by Crippen LogP contribution is -2.23. The van der Waals surface area contributed by atoms with E-state index in [0.717, 1.165) is 19.5 Å². The van der Waals surface area contributed by atoms with Crippen LogP contribution in [0, 0.1) is 0 Å². The molecule has 0 N–H and O–H groups in total. The third-order valence-electron chi connectivity index (χ3n) is 4.52. The molecule has 2 aromatic carbocycles. The molecule has 1 aliphatic heterocycles. The van der Waals surface area contributed by atoms with Crippen molar-refractivity contribution in [2.75, 3.05) is 6.54 Å². The van der Waals surface area contributed by atoms with E-state index >= 15 is 0 Å². The van der Waals surface area contributed by atoms with Gasteiger partial charge in [-0.2, -0.15) is 0 Å². The molecule has 3 aromatic rings. The Labute approximate surface area is 123 Å². The minimum Gasteiger partial charge on any atom is -0.344 e. The molecule has 0 unspecified atom stereocenters. The monoisotopic (exact) mass is 278 g/mol. The van der Waals surface area contributed by atoms with Crippen LogP contribution >= 0.6 is 0 Å². The Morgan fingerprint density at radius 2 is 1.86 bits per heavy atom. The molecule has 1 aromatic heterocycles. The number of para-hydroxylation sites is 1. The van der Waals surface area contributed by atoms with Gasteiger partial charge in [0.2, 0.25) is 5.91 Å². The predicted octanol–water partition coefficient (Wildman–Crippen LogP) is 3.45. The van der Waals surface area contributed by atoms with Crippen molar-refractivity contribution in [1.82, 2.24) is 9.47 Å².